The molecule has 1 fully saturated rings. The predicted molar refractivity (Wildman–Crippen MR) is 83.2 cm³/mol. The quantitative estimate of drug-likeness (QED) is 0.876. The number of hydrogen-bond acceptors (Lipinski definition) is 2. The van der Waals surface area contributed by atoms with Crippen LogP contribution in [0.3, 0.4) is 0 Å². The van der Waals surface area contributed by atoms with Crippen molar-refractivity contribution in [3.05, 3.63) is 35.6 Å². The van der Waals surface area contributed by atoms with Crippen molar-refractivity contribution in [1.29, 1.82) is 0 Å². The highest BCUT2D eigenvalue weighted by Crippen LogP contribution is 2.47. The van der Waals surface area contributed by atoms with Gasteiger partial charge in [-0.1, -0.05) is 32.9 Å². The normalized spacial score (nSPS) is 17.7. The molecule has 0 radical (unpaired) electrons. The van der Waals surface area contributed by atoms with Crippen LogP contribution in [0.5, 0.6) is 0 Å². The third kappa shape index (κ3) is 4.78. The Hall–Kier alpha value is -0.940. The van der Waals surface area contributed by atoms with Crippen LogP contribution in [0.25, 0.3) is 0 Å². The molecule has 0 unspecified atom stereocenters. The number of benzene rings is 1. The number of rotatable bonds is 6. The topological polar surface area (TPSA) is 46.2 Å². The minimum absolute atomic E-state index is 0.00295. The second-order valence-electron chi connectivity index (χ2n) is 7.24. The molecule has 1 N–H and O–H groups in total. The summed E-state index contributed by atoms with van der Waals surface area (Å²) in [6, 6.07) is 6.38. The summed E-state index contributed by atoms with van der Waals surface area (Å²) in [5, 5.41) is 0. The Labute approximate surface area is 127 Å². The second-order valence-corrected chi connectivity index (χ2v) is 9.16. The summed E-state index contributed by atoms with van der Waals surface area (Å²) in [5.74, 6) is -0.115. The monoisotopic (exact) mass is 313 g/mol. The van der Waals surface area contributed by atoms with E-state index in [0.29, 0.717) is 13.0 Å². The summed E-state index contributed by atoms with van der Waals surface area (Å²) >= 11 is 0. The van der Waals surface area contributed by atoms with Gasteiger partial charge in [0.25, 0.3) is 0 Å². The van der Waals surface area contributed by atoms with Crippen LogP contribution in [-0.4, -0.2) is 20.7 Å². The lowest BCUT2D eigenvalue weighted by atomic mass is 9.94. The molecule has 1 aliphatic carbocycles. The van der Waals surface area contributed by atoms with Crippen molar-refractivity contribution >= 4 is 10.0 Å². The smallest absolute Gasteiger partial charge is 0.211 e. The van der Waals surface area contributed by atoms with E-state index in [9.17, 15) is 12.8 Å². The minimum atomic E-state index is -3.25. The zero-order chi connectivity index (χ0) is 15.7. The molecule has 0 spiro atoms. The van der Waals surface area contributed by atoms with Gasteiger partial charge in [0, 0.05) is 12.0 Å². The number of halogens is 1. The van der Waals surface area contributed by atoms with Crippen LogP contribution in [0, 0.1) is 11.2 Å². The Bertz CT molecular complexity index is 584. The zero-order valence-corrected chi connectivity index (χ0v) is 13.8. The van der Waals surface area contributed by atoms with E-state index in [-0.39, 0.29) is 22.4 Å². The molecule has 1 aromatic carbocycles. The highest BCUT2D eigenvalue weighted by molar-refractivity contribution is 7.89. The molecule has 118 valence electrons. The molecule has 21 heavy (non-hydrogen) atoms. The molecule has 0 atom stereocenters. The van der Waals surface area contributed by atoms with Gasteiger partial charge in [-0.3, -0.25) is 0 Å². The molecule has 0 aromatic heterocycles. The second kappa shape index (κ2) is 5.69. The molecule has 0 heterocycles. The van der Waals surface area contributed by atoms with Crippen LogP contribution in [0.1, 0.15) is 45.6 Å². The van der Waals surface area contributed by atoms with Gasteiger partial charge in [-0.25, -0.2) is 17.5 Å². The molecule has 3 nitrogen and oxygen atoms in total. The predicted octanol–water partition coefficient (Wildman–Crippen LogP) is 3.21. The third-order valence-corrected chi connectivity index (χ3v) is 5.39. The minimum Gasteiger partial charge on any atom is -0.214 e. The summed E-state index contributed by atoms with van der Waals surface area (Å²) < 4.78 is 39.8. The largest absolute Gasteiger partial charge is 0.214 e. The van der Waals surface area contributed by atoms with E-state index >= 15 is 0 Å². The highest BCUT2D eigenvalue weighted by Gasteiger charge is 2.44. The maximum absolute atomic E-state index is 13.0. The fourth-order valence-corrected chi connectivity index (χ4v) is 3.80. The average Bonchev–Trinajstić information content (AvgIpc) is 3.16. The molecule has 1 aliphatic rings. The SMILES string of the molecule is CC(C)(C)CCS(=O)(=O)NCC1(c2ccc(F)cc2)CC1. The maximum atomic E-state index is 13.0. The van der Waals surface area contributed by atoms with E-state index in [1.807, 2.05) is 20.8 Å². The van der Waals surface area contributed by atoms with E-state index in [1.165, 1.54) is 12.1 Å². The van der Waals surface area contributed by atoms with Crippen LogP contribution in [0.2, 0.25) is 0 Å². The first kappa shape index (κ1) is 16.4. The molecule has 0 aliphatic heterocycles. The number of nitrogens with one attached hydrogen (secondary N) is 1. The Kier molecular flexibility index (Phi) is 4.45. The van der Waals surface area contributed by atoms with Gasteiger partial charge in [0.2, 0.25) is 10.0 Å². The van der Waals surface area contributed by atoms with Crippen molar-refractivity contribution in [3.8, 4) is 0 Å². The zero-order valence-electron chi connectivity index (χ0n) is 12.9. The van der Waals surface area contributed by atoms with E-state index < -0.39 is 10.0 Å². The van der Waals surface area contributed by atoms with Crippen LogP contribution in [0.4, 0.5) is 4.39 Å². The molecule has 2 rings (SSSR count). The first-order valence-electron chi connectivity index (χ1n) is 7.35. The third-order valence-electron chi connectivity index (χ3n) is 4.06. The first-order valence-corrected chi connectivity index (χ1v) is 9.01. The van der Waals surface area contributed by atoms with Crippen molar-refractivity contribution in [2.24, 2.45) is 5.41 Å². The maximum Gasteiger partial charge on any atom is 0.211 e. The summed E-state index contributed by atoms with van der Waals surface area (Å²) in [7, 11) is -3.25. The standard InChI is InChI=1S/C16H24FNO2S/c1-15(2,3)10-11-21(19,20)18-12-16(8-9-16)13-4-6-14(17)7-5-13/h4-7,18H,8-12H2,1-3H3. The van der Waals surface area contributed by atoms with Gasteiger partial charge in [0.1, 0.15) is 5.82 Å². The fourth-order valence-electron chi connectivity index (χ4n) is 2.28. The van der Waals surface area contributed by atoms with Gasteiger partial charge in [-0.15, -0.1) is 0 Å². The molecule has 5 heteroatoms. The van der Waals surface area contributed by atoms with Gasteiger partial charge in [0.15, 0.2) is 0 Å². The van der Waals surface area contributed by atoms with Crippen molar-refractivity contribution in [2.45, 2.75) is 45.4 Å². The van der Waals surface area contributed by atoms with Crippen LogP contribution >= 0.6 is 0 Å². The fraction of sp³-hybridized carbons (Fsp3) is 0.625. The molecule has 0 bridgehead atoms. The Balaban J connectivity index is 1.94. The summed E-state index contributed by atoms with van der Waals surface area (Å²) in [6.45, 7) is 6.50. The lowest BCUT2D eigenvalue weighted by Gasteiger charge is -2.20. The highest BCUT2D eigenvalue weighted by atomic mass is 32.2. The summed E-state index contributed by atoms with van der Waals surface area (Å²) in [5.41, 5.74) is 0.883. The molecule has 1 aromatic rings. The summed E-state index contributed by atoms with van der Waals surface area (Å²) in [4.78, 5) is 0. The lowest BCUT2D eigenvalue weighted by molar-refractivity contribution is 0.396. The van der Waals surface area contributed by atoms with Gasteiger partial charge in [-0.05, 0) is 42.4 Å². The van der Waals surface area contributed by atoms with E-state index in [1.54, 1.807) is 12.1 Å². The molecular weight excluding hydrogens is 289 g/mol. The molecule has 1 saturated carbocycles. The van der Waals surface area contributed by atoms with E-state index in [0.717, 1.165) is 18.4 Å². The Morgan fingerprint density at radius 1 is 1.19 bits per heavy atom. The van der Waals surface area contributed by atoms with Crippen LogP contribution in [-0.2, 0) is 15.4 Å². The number of hydrogen-bond donors (Lipinski definition) is 1. The van der Waals surface area contributed by atoms with Crippen molar-refractivity contribution in [1.82, 2.24) is 4.72 Å². The van der Waals surface area contributed by atoms with Crippen molar-refractivity contribution in [3.63, 3.8) is 0 Å². The van der Waals surface area contributed by atoms with Crippen molar-refractivity contribution < 1.29 is 12.8 Å². The van der Waals surface area contributed by atoms with Crippen LogP contribution in [0.15, 0.2) is 24.3 Å². The van der Waals surface area contributed by atoms with Gasteiger partial charge < -0.3 is 0 Å². The number of sulfonamides is 1. The average molecular weight is 313 g/mol. The first-order chi connectivity index (χ1) is 9.62. The van der Waals surface area contributed by atoms with E-state index in [4.69, 9.17) is 0 Å². The van der Waals surface area contributed by atoms with E-state index in [2.05, 4.69) is 4.72 Å². The van der Waals surface area contributed by atoms with Gasteiger partial charge in [0.05, 0.1) is 5.75 Å². The van der Waals surface area contributed by atoms with Gasteiger partial charge >= 0.3 is 0 Å². The van der Waals surface area contributed by atoms with Gasteiger partial charge in [-0.2, -0.15) is 0 Å². The Morgan fingerprint density at radius 3 is 2.24 bits per heavy atom. The van der Waals surface area contributed by atoms with Crippen molar-refractivity contribution in [2.75, 3.05) is 12.3 Å². The molecule has 0 saturated heterocycles. The lowest BCUT2D eigenvalue weighted by Crippen LogP contribution is -2.34. The molecule has 0 amide bonds. The van der Waals surface area contributed by atoms with Crippen LogP contribution < -0.4 is 4.72 Å². The Morgan fingerprint density at radius 2 is 1.76 bits per heavy atom. The summed E-state index contributed by atoms with van der Waals surface area (Å²) in [6.07, 6.45) is 2.52. The molecular formula is C16H24FNO2S.